The molecule has 1 aliphatic rings. The fourth-order valence-corrected chi connectivity index (χ4v) is 3.23. The zero-order valence-electron chi connectivity index (χ0n) is 14.4. The summed E-state index contributed by atoms with van der Waals surface area (Å²) < 4.78 is 12.5. The Bertz CT molecular complexity index is 967. The molecule has 3 rings (SSSR count). The molecule has 2 N–H and O–H groups in total. The van der Waals surface area contributed by atoms with Crippen molar-refractivity contribution in [2.24, 2.45) is 5.73 Å². The Hall–Kier alpha value is -3.20. The highest BCUT2D eigenvalue weighted by molar-refractivity contribution is 5.56. The van der Waals surface area contributed by atoms with Gasteiger partial charge in [-0.2, -0.15) is 5.26 Å². The smallest absolute Gasteiger partial charge is 0.258 e. The number of allylic oxidation sites excluding steroid dienone is 1. The standard InChI is InChI=1S/C19H19N3O3/c1-4-22-11(2)8-15-17(19(22)23)16(14(10-20)18(21)25-15)12-6-5-7-13(9-12)24-3/h5-9,16H,4,21H2,1-3H3/t16-/m0/s1. The number of benzene rings is 1. The SMILES string of the molecule is CCn1c(C)cc2c(c1=O)[C@@H](c1cccc(OC)c1)C(C#N)=C(N)O2. The van der Waals surface area contributed by atoms with Gasteiger partial charge in [-0.25, -0.2) is 0 Å². The van der Waals surface area contributed by atoms with Crippen LogP contribution in [-0.4, -0.2) is 11.7 Å². The number of hydrogen-bond acceptors (Lipinski definition) is 5. The third-order valence-corrected chi connectivity index (χ3v) is 4.43. The zero-order chi connectivity index (χ0) is 18.1. The van der Waals surface area contributed by atoms with Gasteiger partial charge in [0.2, 0.25) is 5.88 Å². The fourth-order valence-electron chi connectivity index (χ4n) is 3.23. The molecule has 2 heterocycles. The lowest BCUT2D eigenvalue weighted by atomic mass is 9.84. The molecule has 2 aromatic rings. The molecule has 0 fully saturated rings. The summed E-state index contributed by atoms with van der Waals surface area (Å²) in [4.78, 5) is 13.1. The number of hydrogen-bond donors (Lipinski definition) is 1. The lowest BCUT2D eigenvalue weighted by Crippen LogP contribution is -2.32. The molecule has 6 nitrogen and oxygen atoms in total. The average Bonchev–Trinajstić information content (AvgIpc) is 2.61. The second-order valence-electron chi connectivity index (χ2n) is 5.81. The van der Waals surface area contributed by atoms with E-state index in [1.165, 1.54) is 0 Å². The van der Waals surface area contributed by atoms with E-state index in [1.807, 2.05) is 32.0 Å². The van der Waals surface area contributed by atoms with Crippen LogP contribution in [-0.2, 0) is 6.54 Å². The van der Waals surface area contributed by atoms with E-state index in [9.17, 15) is 10.1 Å². The zero-order valence-corrected chi connectivity index (χ0v) is 14.4. The highest BCUT2D eigenvalue weighted by Gasteiger charge is 2.34. The first-order chi connectivity index (χ1) is 12.0. The Morgan fingerprint density at radius 3 is 2.80 bits per heavy atom. The number of methoxy groups -OCH3 is 1. The summed E-state index contributed by atoms with van der Waals surface area (Å²) in [5.41, 5.74) is 7.98. The van der Waals surface area contributed by atoms with Gasteiger partial charge in [0.1, 0.15) is 23.1 Å². The number of ether oxygens (including phenoxy) is 2. The van der Waals surface area contributed by atoms with Crippen molar-refractivity contribution in [2.75, 3.05) is 7.11 Å². The van der Waals surface area contributed by atoms with Gasteiger partial charge in [0.15, 0.2) is 0 Å². The summed E-state index contributed by atoms with van der Waals surface area (Å²) in [7, 11) is 1.57. The van der Waals surface area contributed by atoms with Crippen molar-refractivity contribution < 1.29 is 9.47 Å². The molecule has 0 aliphatic carbocycles. The maximum absolute atomic E-state index is 13.1. The van der Waals surface area contributed by atoms with Crippen molar-refractivity contribution in [1.29, 1.82) is 5.26 Å². The molecule has 0 bridgehead atoms. The van der Waals surface area contributed by atoms with E-state index < -0.39 is 5.92 Å². The minimum absolute atomic E-state index is 0.0240. The van der Waals surface area contributed by atoms with Crippen molar-refractivity contribution in [1.82, 2.24) is 4.57 Å². The predicted molar refractivity (Wildman–Crippen MR) is 93.4 cm³/mol. The fraction of sp³-hybridized carbons (Fsp3) is 0.263. The van der Waals surface area contributed by atoms with Crippen LogP contribution >= 0.6 is 0 Å². The van der Waals surface area contributed by atoms with E-state index in [0.29, 0.717) is 23.6 Å². The molecule has 0 saturated carbocycles. The van der Waals surface area contributed by atoms with E-state index in [0.717, 1.165) is 11.3 Å². The minimum Gasteiger partial charge on any atom is -0.497 e. The Morgan fingerprint density at radius 1 is 1.40 bits per heavy atom. The molecule has 1 aromatic heterocycles. The largest absolute Gasteiger partial charge is 0.497 e. The number of fused-ring (bicyclic) bond motifs is 1. The maximum Gasteiger partial charge on any atom is 0.258 e. The number of nitriles is 1. The predicted octanol–water partition coefficient (Wildman–Crippen LogP) is 2.40. The van der Waals surface area contributed by atoms with Crippen molar-refractivity contribution in [2.45, 2.75) is 26.3 Å². The third-order valence-electron chi connectivity index (χ3n) is 4.43. The molecule has 1 atom stereocenters. The van der Waals surface area contributed by atoms with Crippen molar-refractivity contribution in [3.05, 3.63) is 69.0 Å². The quantitative estimate of drug-likeness (QED) is 0.929. The van der Waals surface area contributed by atoms with Gasteiger partial charge in [-0.05, 0) is 31.5 Å². The number of nitrogens with zero attached hydrogens (tertiary/aromatic N) is 2. The van der Waals surface area contributed by atoms with E-state index in [1.54, 1.807) is 23.8 Å². The van der Waals surface area contributed by atoms with Crippen LogP contribution in [0.2, 0.25) is 0 Å². The molecule has 1 aliphatic heterocycles. The molecule has 0 saturated heterocycles. The summed E-state index contributed by atoms with van der Waals surface area (Å²) in [6.45, 7) is 4.28. The first kappa shape index (κ1) is 16.7. The molecular formula is C19H19N3O3. The van der Waals surface area contributed by atoms with Crippen LogP contribution in [0.5, 0.6) is 11.5 Å². The average molecular weight is 337 g/mol. The Kier molecular flexibility index (Phi) is 4.24. The minimum atomic E-state index is -0.588. The summed E-state index contributed by atoms with van der Waals surface area (Å²) in [5, 5.41) is 9.61. The number of nitrogens with two attached hydrogens (primary N) is 1. The van der Waals surface area contributed by atoms with Gasteiger partial charge in [-0.1, -0.05) is 12.1 Å². The summed E-state index contributed by atoms with van der Waals surface area (Å²) >= 11 is 0. The van der Waals surface area contributed by atoms with Crippen LogP contribution in [0.4, 0.5) is 0 Å². The van der Waals surface area contributed by atoms with Crippen LogP contribution in [0.25, 0.3) is 0 Å². The first-order valence-electron chi connectivity index (χ1n) is 7.97. The third kappa shape index (κ3) is 2.64. The van der Waals surface area contributed by atoms with Crippen LogP contribution < -0.4 is 20.8 Å². The second-order valence-corrected chi connectivity index (χ2v) is 5.81. The van der Waals surface area contributed by atoms with Gasteiger partial charge in [-0.15, -0.1) is 0 Å². The lowest BCUT2D eigenvalue weighted by Gasteiger charge is -2.27. The van der Waals surface area contributed by atoms with Crippen LogP contribution in [0.3, 0.4) is 0 Å². The van der Waals surface area contributed by atoms with Crippen LogP contribution in [0.1, 0.15) is 29.7 Å². The molecule has 1 aromatic carbocycles. The maximum atomic E-state index is 13.1. The van der Waals surface area contributed by atoms with Crippen molar-refractivity contribution >= 4 is 0 Å². The lowest BCUT2D eigenvalue weighted by molar-refractivity contribution is 0.388. The molecule has 0 radical (unpaired) electrons. The normalized spacial score (nSPS) is 16.0. The monoisotopic (exact) mass is 337 g/mol. The van der Waals surface area contributed by atoms with Gasteiger partial charge in [-0.3, -0.25) is 4.79 Å². The van der Waals surface area contributed by atoms with E-state index in [2.05, 4.69) is 6.07 Å². The Labute approximate surface area is 145 Å². The van der Waals surface area contributed by atoms with E-state index in [-0.39, 0.29) is 17.0 Å². The van der Waals surface area contributed by atoms with Crippen molar-refractivity contribution in [3.8, 4) is 17.6 Å². The van der Waals surface area contributed by atoms with Crippen LogP contribution in [0, 0.1) is 18.3 Å². The van der Waals surface area contributed by atoms with E-state index >= 15 is 0 Å². The molecule has 6 heteroatoms. The molecule has 0 unspecified atom stereocenters. The molecule has 25 heavy (non-hydrogen) atoms. The van der Waals surface area contributed by atoms with Gasteiger partial charge < -0.3 is 19.8 Å². The first-order valence-corrected chi connectivity index (χ1v) is 7.97. The number of rotatable bonds is 3. The number of aryl methyl sites for hydroxylation is 1. The topological polar surface area (TPSA) is 90.3 Å². The molecule has 0 spiro atoms. The second kappa shape index (κ2) is 6.36. The number of pyridine rings is 1. The van der Waals surface area contributed by atoms with Gasteiger partial charge in [0.05, 0.1) is 18.6 Å². The highest BCUT2D eigenvalue weighted by atomic mass is 16.5. The van der Waals surface area contributed by atoms with Gasteiger partial charge in [0, 0.05) is 18.3 Å². The number of aromatic nitrogens is 1. The summed E-state index contributed by atoms with van der Waals surface area (Å²) in [5.74, 6) is 0.478. The summed E-state index contributed by atoms with van der Waals surface area (Å²) in [6.07, 6.45) is 0. The molecule has 128 valence electrons. The van der Waals surface area contributed by atoms with Gasteiger partial charge >= 0.3 is 0 Å². The Balaban J connectivity index is 2.33. The molecular weight excluding hydrogens is 318 g/mol. The highest BCUT2D eigenvalue weighted by Crippen LogP contribution is 2.41. The van der Waals surface area contributed by atoms with E-state index in [4.69, 9.17) is 15.2 Å². The summed E-state index contributed by atoms with van der Waals surface area (Å²) in [6, 6.07) is 11.2. The molecule has 0 amide bonds. The Morgan fingerprint density at radius 2 is 2.16 bits per heavy atom. The van der Waals surface area contributed by atoms with Gasteiger partial charge in [0.25, 0.3) is 5.56 Å². The van der Waals surface area contributed by atoms with Crippen LogP contribution in [0.15, 0.2) is 46.6 Å². The van der Waals surface area contributed by atoms with Crippen molar-refractivity contribution in [3.63, 3.8) is 0 Å².